The Balaban J connectivity index is 2.42. The van der Waals surface area contributed by atoms with Gasteiger partial charge in [-0.2, -0.15) is 4.99 Å². The van der Waals surface area contributed by atoms with E-state index < -0.39 is 5.54 Å². The third-order valence-corrected chi connectivity index (χ3v) is 2.79. The number of aliphatic imine (C=N–C) groups is 1. The smallest absolute Gasteiger partial charge is 0.235 e. The number of isocyanates is 1. The van der Waals surface area contributed by atoms with E-state index in [0.29, 0.717) is 12.8 Å². The molecule has 0 unspecified atom stereocenters. The first-order valence-electron chi connectivity index (χ1n) is 4.84. The third kappa shape index (κ3) is 1.62. The summed E-state index contributed by atoms with van der Waals surface area (Å²) in [5.41, 5.74) is 1.42. The highest BCUT2D eigenvalue weighted by atomic mass is 16.1. The van der Waals surface area contributed by atoms with Gasteiger partial charge in [-0.15, -0.1) is 0 Å². The molecule has 3 nitrogen and oxygen atoms in total. The van der Waals surface area contributed by atoms with E-state index in [9.17, 15) is 9.59 Å². The summed E-state index contributed by atoms with van der Waals surface area (Å²) in [7, 11) is 0. The first-order chi connectivity index (χ1) is 7.16. The second-order valence-electron chi connectivity index (χ2n) is 4.00. The van der Waals surface area contributed by atoms with Crippen molar-refractivity contribution in [2.75, 3.05) is 0 Å². The fraction of sp³-hybridized carbons (Fsp3) is 0.333. The molecule has 3 heteroatoms. The lowest BCUT2D eigenvalue weighted by Crippen LogP contribution is -2.39. The molecule has 0 saturated heterocycles. The van der Waals surface area contributed by atoms with Crippen LogP contribution in [-0.4, -0.2) is 11.9 Å². The van der Waals surface area contributed by atoms with Crippen LogP contribution in [0.3, 0.4) is 0 Å². The average molecular weight is 201 g/mol. The molecule has 0 aliphatic heterocycles. The summed E-state index contributed by atoms with van der Waals surface area (Å²) in [4.78, 5) is 25.2. The number of ketones is 1. The molecule has 0 N–H and O–H groups in total. The van der Waals surface area contributed by atoms with Crippen molar-refractivity contribution in [3.8, 4) is 0 Å². The van der Waals surface area contributed by atoms with Gasteiger partial charge in [-0.05, 0) is 12.5 Å². The molecule has 0 spiro atoms. The van der Waals surface area contributed by atoms with Gasteiger partial charge in [0.15, 0.2) is 0 Å². The Kier molecular flexibility index (Phi) is 2.25. The Hall–Kier alpha value is -1.73. The summed E-state index contributed by atoms with van der Waals surface area (Å²) in [6.07, 6.45) is 2.22. The van der Waals surface area contributed by atoms with Crippen molar-refractivity contribution in [1.82, 2.24) is 0 Å². The van der Waals surface area contributed by atoms with Crippen molar-refractivity contribution in [2.24, 2.45) is 4.99 Å². The lowest BCUT2D eigenvalue weighted by atomic mass is 9.71. The number of hydrogen-bond acceptors (Lipinski definition) is 3. The van der Waals surface area contributed by atoms with Gasteiger partial charge in [-0.3, -0.25) is 4.79 Å². The van der Waals surface area contributed by atoms with Crippen LogP contribution in [0, 0.1) is 6.92 Å². The van der Waals surface area contributed by atoms with Crippen molar-refractivity contribution in [2.45, 2.75) is 25.3 Å². The average Bonchev–Trinajstić information content (AvgIpc) is 2.15. The summed E-state index contributed by atoms with van der Waals surface area (Å²) in [6.45, 7) is 1.97. The molecule has 0 heterocycles. The summed E-state index contributed by atoms with van der Waals surface area (Å²) in [5.74, 6) is 0.149. The van der Waals surface area contributed by atoms with Crippen LogP contribution in [0.4, 0.5) is 0 Å². The number of benzene rings is 1. The normalized spacial score (nSPS) is 17.8. The summed E-state index contributed by atoms with van der Waals surface area (Å²) >= 11 is 0. The first-order valence-corrected chi connectivity index (χ1v) is 4.84. The summed E-state index contributed by atoms with van der Waals surface area (Å²) < 4.78 is 0. The maximum Gasteiger partial charge on any atom is 0.235 e. The minimum atomic E-state index is -0.620. The van der Waals surface area contributed by atoms with Crippen molar-refractivity contribution in [3.63, 3.8) is 0 Å². The quantitative estimate of drug-likeness (QED) is 0.541. The molecule has 76 valence electrons. The van der Waals surface area contributed by atoms with E-state index >= 15 is 0 Å². The molecular formula is C12H11NO2. The van der Waals surface area contributed by atoms with Crippen LogP contribution in [-0.2, 0) is 15.1 Å². The Morgan fingerprint density at radius 3 is 2.67 bits per heavy atom. The van der Waals surface area contributed by atoms with E-state index in [0.717, 1.165) is 11.1 Å². The SMILES string of the molecule is Cc1cccc(C2(N=C=O)CC(=O)C2)c1. The van der Waals surface area contributed by atoms with E-state index in [1.165, 1.54) is 0 Å². The fourth-order valence-electron chi connectivity index (χ4n) is 1.97. The van der Waals surface area contributed by atoms with Crippen molar-refractivity contribution >= 4 is 11.9 Å². The Morgan fingerprint density at radius 2 is 2.13 bits per heavy atom. The van der Waals surface area contributed by atoms with Crippen molar-refractivity contribution in [1.29, 1.82) is 0 Å². The largest absolute Gasteiger partial charge is 0.299 e. The number of Topliss-reactive ketones (excluding diaryl/α,β-unsaturated/α-hetero) is 1. The van der Waals surface area contributed by atoms with Gasteiger partial charge < -0.3 is 0 Å². The molecule has 0 radical (unpaired) electrons. The second-order valence-corrected chi connectivity index (χ2v) is 4.00. The second kappa shape index (κ2) is 3.44. The van der Waals surface area contributed by atoms with Crippen LogP contribution < -0.4 is 0 Å². The topological polar surface area (TPSA) is 46.5 Å². The fourth-order valence-corrected chi connectivity index (χ4v) is 1.97. The lowest BCUT2D eigenvalue weighted by molar-refractivity contribution is -0.128. The lowest BCUT2D eigenvalue weighted by Gasteiger charge is -2.35. The van der Waals surface area contributed by atoms with E-state index in [4.69, 9.17) is 0 Å². The molecule has 0 bridgehead atoms. The molecule has 1 aliphatic carbocycles. The highest BCUT2D eigenvalue weighted by Crippen LogP contribution is 2.42. The zero-order valence-corrected chi connectivity index (χ0v) is 8.49. The molecule has 1 aliphatic rings. The zero-order chi connectivity index (χ0) is 10.9. The number of carbonyl (C=O) groups excluding carboxylic acids is 2. The minimum absolute atomic E-state index is 0.149. The summed E-state index contributed by atoms with van der Waals surface area (Å²) in [6, 6.07) is 7.76. The van der Waals surface area contributed by atoms with Crippen LogP contribution >= 0.6 is 0 Å². The van der Waals surface area contributed by atoms with E-state index in [-0.39, 0.29) is 5.78 Å². The highest BCUT2D eigenvalue weighted by molar-refractivity contribution is 5.88. The number of aryl methyl sites for hydroxylation is 1. The Bertz CT molecular complexity index is 450. The van der Waals surface area contributed by atoms with Gasteiger partial charge in [0.25, 0.3) is 0 Å². The Morgan fingerprint density at radius 1 is 1.40 bits per heavy atom. The van der Waals surface area contributed by atoms with Crippen LogP contribution in [0.2, 0.25) is 0 Å². The van der Waals surface area contributed by atoms with Gasteiger partial charge in [-0.1, -0.05) is 29.8 Å². The highest BCUT2D eigenvalue weighted by Gasteiger charge is 2.45. The molecule has 1 fully saturated rings. The number of nitrogens with zero attached hydrogens (tertiary/aromatic N) is 1. The van der Waals surface area contributed by atoms with Crippen LogP contribution in [0.25, 0.3) is 0 Å². The van der Waals surface area contributed by atoms with E-state index in [1.807, 2.05) is 31.2 Å². The molecule has 15 heavy (non-hydrogen) atoms. The van der Waals surface area contributed by atoms with Gasteiger partial charge in [0, 0.05) is 12.8 Å². The summed E-state index contributed by atoms with van der Waals surface area (Å²) in [5, 5.41) is 0. The maximum absolute atomic E-state index is 11.1. The van der Waals surface area contributed by atoms with Crippen LogP contribution in [0.15, 0.2) is 29.3 Å². The predicted molar refractivity (Wildman–Crippen MR) is 55.2 cm³/mol. The molecule has 1 aromatic carbocycles. The van der Waals surface area contributed by atoms with Crippen LogP contribution in [0.1, 0.15) is 24.0 Å². The number of hydrogen-bond donors (Lipinski definition) is 0. The first kappa shape index (κ1) is 9.81. The Labute approximate surface area is 87.8 Å². The van der Waals surface area contributed by atoms with Gasteiger partial charge >= 0.3 is 0 Å². The van der Waals surface area contributed by atoms with Crippen molar-refractivity contribution in [3.05, 3.63) is 35.4 Å². The van der Waals surface area contributed by atoms with Gasteiger partial charge in [0.2, 0.25) is 6.08 Å². The third-order valence-electron chi connectivity index (χ3n) is 2.79. The molecule has 1 aromatic rings. The minimum Gasteiger partial charge on any atom is -0.299 e. The standard InChI is InChI=1S/C12H11NO2/c1-9-3-2-4-10(5-9)12(13-8-14)6-11(15)7-12/h2-5H,6-7H2,1H3. The van der Waals surface area contributed by atoms with Gasteiger partial charge in [0.05, 0.1) is 0 Å². The van der Waals surface area contributed by atoms with Crippen molar-refractivity contribution < 1.29 is 9.59 Å². The molecular weight excluding hydrogens is 190 g/mol. The molecule has 2 rings (SSSR count). The van der Waals surface area contributed by atoms with Gasteiger partial charge in [-0.25, -0.2) is 4.79 Å². The maximum atomic E-state index is 11.1. The molecule has 0 amide bonds. The number of carbonyl (C=O) groups is 1. The predicted octanol–water partition coefficient (Wildman–Crippen LogP) is 1.89. The number of rotatable bonds is 2. The molecule has 0 aromatic heterocycles. The zero-order valence-electron chi connectivity index (χ0n) is 8.49. The molecule has 1 saturated carbocycles. The monoisotopic (exact) mass is 201 g/mol. The van der Waals surface area contributed by atoms with Crippen LogP contribution in [0.5, 0.6) is 0 Å². The van der Waals surface area contributed by atoms with E-state index in [1.54, 1.807) is 6.08 Å². The van der Waals surface area contributed by atoms with Gasteiger partial charge in [0.1, 0.15) is 11.3 Å². The van der Waals surface area contributed by atoms with E-state index in [2.05, 4.69) is 4.99 Å². The molecule has 0 atom stereocenters.